The van der Waals surface area contributed by atoms with Gasteiger partial charge >= 0.3 is 0 Å². The number of rotatable bonds is 4. The largest absolute Gasteiger partial charge is 0.340 e. The summed E-state index contributed by atoms with van der Waals surface area (Å²) in [6.45, 7) is 11.4. The number of piperazine rings is 1. The second-order valence-corrected chi connectivity index (χ2v) is 7.08. The summed E-state index contributed by atoms with van der Waals surface area (Å²) in [6, 6.07) is 11.4. The Morgan fingerprint density at radius 2 is 1.78 bits per heavy atom. The molecule has 2 fully saturated rings. The Kier molecular flexibility index (Phi) is 5.34. The lowest BCUT2D eigenvalue weighted by Crippen LogP contribution is -2.53. The molecule has 0 unspecified atom stereocenters. The average Bonchev–Trinajstić information content (AvgIpc) is 2.95. The van der Waals surface area contributed by atoms with Gasteiger partial charge in [-0.05, 0) is 17.9 Å². The molecule has 4 nitrogen and oxygen atoms in total. The predicted molar refractivity (Wildman–Crippen MR) is 93.4 cm³/mol. The van der Waals surface area contributed by atoms with Crippen molar-refractivity contribution in [2.24, 2.45) is 5.92 Å². The van der Waals surface area contributed by atoms with Crippen LogP contribution in [0.5, 0.6) is 0 Å². The second kappa shape index (κ2) is 7.45. The van der Waals surface area contributed by atoms with E-state index in [-0.39, 0.29) is 5.91 Å². The van der Waals surface area contributed by atoms with Crippen molar-refractivity contribution < 1.29 is 4.79 Å². The Labute approximate surface area is 140 Å². The summed E-state index contributed by atoms with van der Waals surface area (Å²) in [5, 5.41) is 0. The van der Waals surface area contributed by atoms with Gasteiger partial charge < -0.3 is 9.80 Å². The SMILES string of the molecule is CC(=O)N1CCN([C@H]2CN(CCc3ccccc3)C[C@H]2C)CC1. The highest BCUT2D eigenvalue weighted by molar-refractivity contribution is 5.73. The monoisotopic (exact) mass is 315 g/mol. The van der Waals surface area contributed by atoms with Gasteiger partial charge in [-0.15, -0.1) is 0 Å². The lowest BCUT2D eigenvalue weighted by molar-refractivity contribution is -0.130. The minimum Gasteiger partial charge on any atom is -0.340 e. The van der Waals surface area contributed by atoms with Crippen molar-refractivity contribution in [3.05, 3.63) is 35.9 Å². The highest BCUT2D eigenvalue weighted by Gasteiger charge is 2.35. The van der Waals surface area contributed by atoms with Crippen LogP contribution in [0.4, 0.5) is 0 Å². The van der Waals surface area contributed by atoms with Gasteiger partial charge in [0.15, 0.2) is 0 Å². The van der Waals surface area contributed by atoms with Crippen molar-refractivity contribution in [3.63, 3.8) is 0 Å². The lowest BCUT2D eigenvalue weighted by Gasteiger charge is -2.39. The molecule has 0 radical (unpaired) electrons. The first kappa shape index (κ1) is 16.5. The molecule has 0 N–H and O–H groups in total. The van der Waals surface area contributed by atoms with Crippen LogP contribution in [0.2, 0.25) is 0 Å². The van der Waals surface area contributed by atoms with E-state index in [1.165, 1.54) is 18.7 Å². The molecule has 23 heavy (non-hydrogen) atoms. The molecule has 0 bridgehead atoms. The van der Waals surface area contributed by atoms with Crippen molar-refractivity contribution in [1.82, 2.24) is 14.7 Å². The topological polar surface area (TPSA) is 26.8 Å². The van der Waals surface area contributed by atoms with Crippen molar-refractivity contribution in [2.45, 2.75) is 26.3 Å². The first-order valence-corrected chi connectivity index (χ1v) is 8.89. The minimum absolute atomic E-state index is 0.216. The fourth-order valence-corrected chi connectivity index (χ4v) is 4.01. The molecule has 1 aromatic rings. The molecular weight excluding hydrogens is 286 g/mol. The Hall–Kier alpha value is -1.39. The van der Waals surface area contributed by atoms with Crippen LogP contribution in [0.25, 0.3) is 0 Å². The van der Waals surface area contributed by atoms with E-state index in [1.807, 2.05) is 4.90 Å². The van der Waals surface area contributed by atoms with E-state index in [4.69, 9.17) is 0 Å². The fourth-order valence-electron chi connectivity index (χ4n) is 4.01. The molecule has 0 saturated carbocycles. The van der Waals surface area contributed by atoms with E-state index in [9.17, 15) is 4.79 Å². The maximum absolute atomic E-state index is 11.5. The number of hydrogen-bond donors (Lipinski definition) is 0. The molecule has 126 valence electrons. The van der Waals surface area contributed by atoms with Gasteiger partial charge in [0.25, 0.3) is 0 Å². The maximum atomic E-state index is 11.5. The third-order valence-corrected chi connectivity index (χ3v) is 5.44. The molecule has 1 aromatic carbocycles. The molecule has 2 heterocycles. The van der Waals surface area contributed by atoms with Gasteiger partial charge in [-0.2, -0.15) is 0 Å². The zero-order valence-electron chi connectivity index (χ0n) is 14.4. The Morgan fingerprint density at radius 1 is 1.09 bits per heavy atom. The van der Waals surface area contributed by atoms with E-state index in [0.717, 1.165) is 45.1 Å². The smallest absolute Gasteiger partial charge is 0.219 e. The minimum atomic E-state index is 0.216. The standard InChI is InChI=1S/C19H29N3O/c1-16-14-20(9-8-18-6-4-3-5-7-18)15-19(16)22-12-10-21(11-13-22)17(2)23/h3-7,16,19H,8-15H2,1-2H3/t16-,19+/m1/s1. The summed E-state index contributed by atoms with van der Waals surface area (Å²) in [6.07, 6.45) is 1.14. The average molecular weight is 315 g/mol. The third kappa shape index (κ3) is 4.12. The van der Waals surface area contributed by atoms with E-state index in [1.54, 1.807) is 6.92 Å². The van der Waals surface area contributed by atoms with Crippen LogP contribution in [0.15, 0.2) is 30.3 Å². The van der Waals surface area contributed by atoms with Crippen LogP contribution in [-0.2, 0) is 11.2 Å². The van der Waals surface area contributed by atoms with Gasteiger partial charge in [0.1, 0.15) is 0 Å². The second-order valence-electron chi connectivity index (χ2n) is 7.08. The van der Waals surface area contributed by atoms with Crippen LogP contribution in [0, 0.1) is 5.92 Å². The quantitative estimate of drug-likeness (QED) is 0.846. The van der Waals surface area contributed by atoms with Crippen LogP contribution >= 0.6 is 0 Å². The van der Waals surface area contributed by atoms with Gasteiger partial charge in [0.2, 0.25) is 5.91 Å². The first-order chi connectivity index (χ1) is 11.1. The number of carbonyl (C=O) groups is 1. The summed E-state index contributed by atoms with van der Waals surface area (Å²) in [7, 11) is 0. The van der Waals surface area contributed by atoms with E-state index in [0.29, 0.717) is 6.04 Å². The van der Waals surface area contributed by atoms with E-state index >= 15 is 0 Å². The van der Waals surface area contributed by atoms with Gasteiger partial charge in [-0.25, -0.2) is 0 Å². The Bertz CT molecular complexity index is 511. The summed E-state index contributed by atoms with van der Waals surface area (Å²) in [5.74, 6) is 0.934. The van der Waals surface area contributed by atoms with Gasteiger partial charge in [-0.3, -0.25) is 9.69 Å². The van der Waals surface area contributed by atoms with Crippen molar-refractivity contribution >= 4 is 5.91 Å². The Morgan fingerprint density at radius 3 is 2.43 bits per heavy atom. The molecule has 2 atom stereocenters. The first-order valence-electron chi connectivity index (χ1n) is 8.89. The highest BCUT2D eigenvalue weighted by Crippen LogP contribution is 2.23. The van der Waals surface area contributed by atoms with Crippen LogP contribution < -0.4 is 0 Å². The highest BCUT2D eigenvalue weighted by atomic mass is 16.2. The van der Waals surface area contributed by atoms with Crippen molar-refractivity contribution in [2.75, 3.05) is 45.8 Å². The van der Waals surface area contributed by atoms with Gasteiger partial charge in [-0.1, -0.05) is 37.3 Å². The Balaban J connectivity index is 1.48. The third-order valence-electron chi connectivity index (χ3n) is 5.44. The van der Waals surface area contributed by atoms with Gasteiger partial charge in [0, 0.05) is 58.8 Å². The zero-order valence-corrected chi connectivity index (χ0v) is 14.4. The van der Waals surface area contributed by atoms with E-state index < -0.39 is 0 Å². The summed E-state index contributed by atoms with van der Waals surface area (Å²) >= 11 is 0. The molecule has 3 rings (SSSR count). The number of carbonyl (C=O) groups excluding carboxylic acids is 1. The molecule has 2 aliphatic heterocycles. The molecular formula is C19H29N3O. The molecule has 0 spiro atoms. The lowest BCUT2D eigenvalue weighted by atomic mass is 10.0. The van der Waals surface area contributed by atoms with Crippen molar-refractivity contribution in [3.8, 4) is 0 Å². The number of amides is 1. The maximum Gasteiger partial charge on any atom is 0.219 e. The van der Waals surface area contributed by atoms with E-state index in [2.05, 4.69) is 47.1 Å². The molecule has 1 amide bonds. The van der Waals surface area contributed by atoms with Gasteiger partial charge in [0.05, 0.1) is 0 Å². The number of benzene rings is 1. The van der Waals surface area contributed by atoms with Crippen LogP contribution in [-0.4, -0.2) is 72.5 Å². The van der Waals surface area contributed by atoms with Crippen LogP contribution in [0.3, 0.4) is 0 Å². The number of hydrogen-bond acceptors (Lipinski definition) is 3. The van der Waals surface area contributed by atoms with Crippen molar-refractivity contribution in [1.29, 1.82) is 0 Å². The number of likely N-dealkylation sites (tertiary alicyclic amines) is 1. The predicted octanol–water partition coefficient (Wildman–Crippen LogP) is 1.71. The molecule has 2 saturated heterocycles. The summed E-state index contributed by atoms with van der Waals surface area (Å²) < 4.78 is 0. The zero-order chi connectivity index (χ0) is 16.2. The molecule has 2 aliphatic rings. The summed E-state index contributed by atoms with van der Waals surface area (Å²) in [5.41, 5.74) is 1.43. The number of nitrogens with zero attached hydrogens (tertiary/aromatic N) is 3. The molecule has 0 aromatic heterocycles. The molecule has 4 heteroatoms. The summed E-state index contributed by atoms with van der Waals surface area (Å²) in [4.78, 5) is 18.7. The normalized spacial score (nSPS) is 26.6. The molecule has 0 aliphatic carbocycles. The van der Waals surface area contributed by atoms with Crippen LogP contribution in [0.1, 0.15) is 19.4 Å². The fraction of sp³-hybridized carbons (Fsp3) is 0.632.